The molecule has 0 radical (unpaired) electrons. The number of carboxylic acids is 1. The molecular formula is C23H25NO4S. The van der Waals surface area contributed by atoms with E-state index in [0.29, 0.717) is 11.3 Å². The van der Waals surface area contributed by atoms with Crippen molar-refractivity contribution in [3.05, 3.63) is 46.5 Å². The summed E-state index contributed by atoms with van der Waals surface area (Å²) in [5.41, 5.74) is 3.71. The van der Waals surface area contributed by atoms with Gasteiger partial charge < -0.3 is 14.6 Å². The lowest BCUT2D eigenvalue weighted by atomic mass is 9.90. The molecule has 6 heteroatoms. The number of hydrogen-bond donors (Lipinski definition) is 1. The fourth-order valence-corrected chi connectivity index (χ4v) is 4.67. The number of aliphatic carboxylic acids is 1. The zero-order valence-corrected chi connectivity index (χ0v) is 17.9. The average molecular weight is 412 g/mol. The Morgan fingerprint density at radius 3 is 2.83 bits per heavy atom. The maximum absolute atomic E-state index is 12.3. The van der Waals surface area contributed by atoms with Crippen LogP contribution in [0.1, 0.15) is 50.1 Å². The van der Waals surface area contributed by atoms with Crippen molar-refractivity contribution in [2.45, 2.75) is 52.2 Å². The fraction of sp³-hybridized carbons (Fsp3) is 0.391. The van der Waals surface area contributed by atoms with Gasteiger partial charge in [0.05, 0.1) is 12.2 Å². The van der Waals surface area contributed by atoms with Gasteiger partial charge in [-0.1, -0.05) is 6.07 Å². The summed E-state index contributed by atoms with van der Waals surface area (Å²) >= 11 is 1.56. The number of fused-ring (bicyclic) bond motifs is 2. The first kappa shape index (κ1) is 19.9. The minimum atomic E-state index is -1.10. The number of carbonyl (C=O) groups is 1. The number of hydrogen-bond acceptors (Lipinski definition) is 5. The van der Waals surface area contributed by atoms with Gasteiger partial charge in [0, 0.05) is 22.2 Å². The van der Waals surface area contributed by atoms with E-state index in [1.807, 2.05) is 51.3 Å². The average Bonchev–Trinajstić information content (AvgIpc) is 3.12. The Kier molecular flexibility index (Phi) is 5.09. The van der Waals surface area contributed by atoms with E-state index in [9.17, 15) is 9.90 Å². The molecule has 0 bridgehead atoms. The smallest absolute Gasteiger partial charge is 0.337 e. The van der Waals surface area contributed by atoms with Crippen LogP contribution in [0.15, 0.2) is 29.6 Å². The Morgan fingerprint density at radius 2 is 2.10 bits per heavy atom. The van der Waals surface area contributed by atoms with Crippen molar-refractivity contribution < 1.29 is 19.4 Å². The molecule has 29 heavy (non-hydrogen) atoms. The summed E-state index contributed by atoms with van der Waals surface area (Å²) in [6.45, 7) is 8.20. The van der Waals surface area contributed by atoms with Gasteiger partial charge >= 0.3 is 5.97 Å². The van der Waals surface area contributed by atoms with Crippen molar-refractivity contribution in [1.29, 1.82) is 0 Å². The number of rotatable bonds is 4. The second kappa shape index (κ2) is 7.43. The summed E-state index contributed by atoms with van der Waals surface area (Å²) in [4.78, 5) is 17.8. The van der Waals surface area contributed by atoms with Crippen LogP contribution in [0, 0.1) is 6.92 Å². The van der Waals surface area contributed by atoms with Gasteiger partial charge in [0.1, 0.15) is 10.6 Å². The Bertz CT molecular complexity index is 1080. The normalized spacial score (nSPS) is 15.0. The molecular weight excluding hydrogens is 386 g/mol. The zero-order valence-electron chi connectivity index (χ0n) is 17.1. The number of carboxylic acid groups (broad SMARTS) is 1. The summed E-state index contributed by atoms with van der Waals surface area (Å²) < 4.78 is 11.8. The second-order valence-electron chi connectivity index (χ2n) is 8.35. The van der Waals surface area contributed by atoms with E-state index in [1.165, 1.54) is 0 Å². The van der Waals surface area contributed by atoms with Crippen LogP contribution < -0.4 is 4.74 Å². The molecule has 1 aliphatic rings. The van der Waals surface area contributed by atoms with Gasteiger partial charge in [-0.3, -0.25) is 0 Å². The lowest BCUT2D eigenvalue weighted by molar-refractivity contribution is -0.160. The van der Waals surface area contributed by atoms with Crippen molar-refractivity contribution >= 4 is 27.5 Å². The highest BCUT2D eigenvalue weighted by atomic mass is 32.1. The zero-order chi connectivity index (χ0) is 20.8. The van der Waals surface area contributed by atoms with Gasteiger partial charge in [-0.15, -0.1) is 11.3 Å². The Hall–Kier alpha value is -2.44. The first-order valence-corrected chi connectivity index (χ1v) is 10.7. The Balaban J connectivity index is 1.98. The van der Waals surface area contributed by atoms with E-state index in [4.69, 9.17) is 14.5 Å². The summed E-state index contributed by atoms with van der Waals surface area (Å²) in [5.74, 6) is -0.100. The number of benzene rings is 1. The minimum absolute atomic E-state index is 0.611. The molecule has 1 N–H and O–H groups in total. The maximum Gasteiger partial charge on any atom is 0.337 e. The fourth-order valence-electron chi connectivity index (χ4n) is 3.85. The second-order valence-corrected chi connectivity index (χ2v) is 9.24. The first-order valence-electron chi connectivity index (χ1n) is 9.79. The summed E-state index contributed by atoms with van der Waals surface area (Å²) in [6, 6.07) is 8.13. The molecule has 0 saturated carbocycles. The van der Waals surface area contributed by atoms with E-state index in [-0.39, 0.29) is 0 Å². The van der Waals surface area contributed by atoms with Gasteiger partial charge in [0.15, 0.2) is 6.10 Å². The third-order valence-electron chi connectivity index (χ3n) is 5.00. The molecule has 3 heterocycles. The van der Waals surface area contributed by atoms with Gasteiger partial charge in [0.2, 0.25) is 0 Å². The highest BCUT2D eigenvalue weighted by molar-refractivity contribution is 7.16. The Morgan fingerprint density at radius 1 is 1.31 bits per heavy atom. The van der Waals surface area contributed by atoms with Crippen LogP contribution in [0.2, 0.25) is 0 Å². The van der Waals surface area contributed by atoms with Crippen LogP contribution in [-0.4, -0.2) is 28.3 Å². The molecule has 0 fully saturated rings. The molecule has 0 aliphatic carbocycles. The van der Waals surface area contributed by atoms with Gasteiger partial charge in [-0.25, -0.2) is 9.78 Å². The highest BCUT2D eigenvalue weighted by Gasteiger charge is 2.32. The topological polar surface area (TPSA) is 68.7 Å². The van der Waals surface area contributed by atoms with Gasteiger partial charge in [-0.05, 0) is 75.2 Å². The summed E-state index contributed by atoms with van der Waals surface area (Å²) in [7, 11) is 0. The van der Waals surface area contributed by atoms with Crippen molar-refractivity contribution in [2.75, 3.05) is 6.61 Å². The van der Waals surface area contributed by atoms with Gasteiger partial charge in [-0.2, -0.15) is 0 Å². The quantitative estimate of drug-likeness (QED) is 0.611. The minimum Gasteiger partial charge on any atom is -0.493 e. The van der Waals surface area contributed by atoms with Crippen molar-refractivity contribution in [3.8, 4) is 16.9 Å². The number of nitrogens with zero attached hydrogens (tertiary/aromatic N) is 1. The van der Waals surface area contributed by atoms with Crippen molar-refractivity contribution in [2.24, 2.45) is 0 Å². The molecule has 3 aromatic rings. The molecule has 0 unspecified atom stereocenters. The molecule has 1 aromatic carbocycles. The van der Waals surface area contributed by atoms with Crippen molar-refractivity contribution in [1.82, 2.24) is 4.98 Å². The molecule has 5 nitrogen and oxygen atoms in total. The first-order chi connectivity index (χ1) is 13.7. The molecule has 1 aliphatic heterocycles. The lowest BCUT2D eigenvalue weighted by Gasteiger charge is -2.28. The predicted molar refractivity (Wildman–Crippen MR) is 115 cm³/mol. The van der Waals surface area contributed by atoms with E-state index >= 15 is 0 Å². The molecule has 4 rings (SSSR count). The third-order valence-corrected chi connectivity index (χ3v) is 5.80. The molecule has 0 spiro atoms. The van der Waals surface area contributed by atoms with Gasteiger partial charge in [0.25, 0.3) is 0 Å². The Labute approximate surface area is 174 Å². The van der Waals surface area contributed by atoms with E-state index < -0.39 is 17.7 Å². The van der Waals surface area contributed by atoms with Crippen LogP contribution in [0.25, 0.3) is 21.3 Å². The summed E-state index contributed by atoms with van der Waals surface area (Å²) in [6.07, 6.45) is 0.835. The van der Waals surface area contributed by atoms with E-state index in [2.05, 4.69) is 6.07 Å². The standard InChI is InChI=1S/C23H25NO4S/c1-13-18(20(22(25)26)28-23(2,3)4)19(16-9-11-29-21(16)24-13)15-7-8-17-14(12-15)6-5-10-27-17/h7-9,11-12,20H,5-6,10H2,1-4H3,(H,25,26)/t20-/m0/s1. The van der Waals surface area contributed by atoms with Crippen LogP contribution in [0.3, 0.4) is 0 Å². The lowest BCUT2D eigenvalue weighted by Crippen LogP contribution is -2.28. The molecule has 0 amide bonds. The number of pyridine rings is 1. The maximum atomic E-state index is 12.3. The van der Waals surface area contributed by atoms with E-state index in [1.54, 1.807) is 11.3 Å². The van der Waals surface area contributed by atoms with Crippen molar-refractivity contribution in [3.63, 3.8) is 0 Å². The monoisotopic (exact) mass is 411 g/mol. The SMILES string of the molecule is Cc1nc2sccc2c(-c2ccc3c(c2)CCCO3)c1[C@H](OC(C)(C)C)C(=O)O. The molecule has 1 atom stereocenters. The van der Waals surface area contributed by atoms with E-state index in [0.717, 1.165) is 52.1 Å². The summed E-state index contributed by atoms with van der Waals surface area (Å²) in [5, 5.41) is 13.0. The molecule has 2 aromatic heterocycles. The van der Waals surface area contributed by atoms with Crippen LogP contribution in [0.4, 0.5) is 0 Å². The number of aryl methyl sites for hydroxylation is 2. The number of ether oxygens (including phenoxy) is 2. The third kappa shape index (κ3) is 3.87. The molecule has 152 valence electrons. The van der Waals surface area contributed by atoms with Crippen LogP contribution in [0.5, 0.6) is 5.75 Å². The molecule has 0 saturated heterocycles. The number of aromatic nitrogens is 1. The predicted octanol–water partition coefficient (Wildman–Crippen LogP) is 5.54. The largest absolute Gasteiger partial charge is 0.493 e. The van der Waals surface area contributed by atoms with Crippen LogP contribution in [-0.2, 0) is 16.0 Å². The van der Waals surface area contributed by atoms with Crippen LogP contribution >= 0.6 is 11.3 Å². The highest BCUT2D eigenvalue weighted by Crippen LogP contribution is 2.42. The number of thiophene rings is 1.